The van der Waals surface area contributed by atoms with E-state index in [2.05, 4.69) is 12.2 Å². The van der Waals surface area contributed by atoms with Crippen LogP contribution in [0.1, 0.15) is 37.8 Å². The Morgan fingerprint density at radius 3 is 2.49 bits per heavy atom. The number of hydrogen-bond acceptors (Lipinski definition) is 5. The monoisotopic (exact) mass is 523 g/mol. The maximum Gasteiger partial charge on any atom is 0.251 e. The smallest absolute Gasteiger partial charge is 0.251 e. The molecule has 0 radical (unpaired) electrons. The summed E-state index contributed by atoms with van der Waals surface area (Å²) in [7, 11) is 0. The first kappa shape index (κ1) is 26.0. The van der Waals surface area contributed by atoms with Crippen molar-refractivity contribution in [1.29, 1.82) is 0 Å². The minimum Gasteiger partial charge on any atom is -0.396 e. The van der Waals surface area contributed by atoms with Crippen molar-refractivity contribution in [2.75, 3.05) is 37.7 Å². The average Bonchev–Trinajstić information content (AvgIpc) is 3.13. The van der Waals surface area contributed by atoms with E-state index in [1.807, 2.05) is 62.9 Å². The van der Waals surface area contributed by atoms with E-state index in [0.29, 0.717) is 26.1 Å². The third-order valence-corrected chi connectivity index (χ3v) is 10.1. The summed E-state index contributed by atoms with van der Waals surface area (Å²) in [6, 6.07) is 5.32. The molecule has 8 heteroatoms. The van der Waals surface area contributed by atoms with Gasteiger partial charge in [-0.05, 0) is 50.8 Å². The number of aryl methyl sites for hydroxylation is 2. The van der Waals surface area contributed by atoms with E-state index in [9.17, 15) is 19.5 Å². The van der Waals surface area contributed by atoms with Gasteiger partial charge < -0.3 is 19.8 Å². The molecule has 37 heavy (non-hydrogen) atoms. The number of nitrogens with zero attached hydrogens (tertiary/aromatic N) is 3. The number of fused-ring (bicyclic) bond motifs is 2. The first-order valence-corrected chi connectivity index (χ1v) is 14.1. The summed E-state index contributed by atoms with van der Waals surface area (Å²) in [4.78, 5) is 48.0. The van der Waals surface area contributed by atoms with Crippen molar-refractivity contribution in [2.24, 2.45) is 11.8 Å². The lowest BCUT2D eigenvalue weighted by Crippen LogP contribution is -2.53. The Kier molecular flexibility index (Phi) is 6.77. The van der Waals surface area contributed by atoms with Gasteiger partial charge in [-0.1, -0.05) is 43.4 Å². The number of aliphatic hydroxyl groups is 1. The molecule has 198 valence electrons. The van der Waals surface area contributed by atoms with Crippen molar-refractivity contribution in [3.8, 4) is 0 Å². The molecule has 1 spiro atoms. The Labute approximate surface area is 223 Å². The number of benzene rings is 1. The molecule has 4 aliphatic rings. The largest absolute Gasteiger partial charge is 0.396 e. The lowest BCUT2D eigenvalue weighted by atomic mass is 9.74. The fraction of sp³-hybridized carbons (Fsp3) is 0.552. The van der Waals surface area contributed by atoms with Crippen molar-refractivity contribution >= 4 is 35.2 Å². The molecule has 1 N–H and O–H groups in total. The van der Waals surface area contributed by atoms with Gasteiger partial charge in [0.15, 0.2) is 0 Å². The van der Waals surface area contributed by atoms with Crippen LogP contribution in [-0.2, 0) is 14.4 Å². The standard InChI is InChI=1S/C29H37N3O4S/c1-5-13-30-14-6-11-28(4)22(25(30)34)23-26(35)32(16-8-17-33)24-27(36)31(15-7-12-29(23,24)37-28)21-18-19(2)9-10-20(21)3/h6-7,9-12,18,22-24,33H,5,8,13-17H2,1-4H3/t22-,23-,24?,28+,29-/m0/s1. The Morgan fingerprint density at radius 1 is 1.00 bits per heavy atom. The summed E-state index contributed by atoms with van der Waals surface area (Å²) in [5.74, 6) is -1.47. The summed E-state index contributed by atoms with van der Waals surface area (Å²) in [5.41, 5.74) is 2.90. The second kappa shape index (κ2) is 9.62. The Balaban J connectivity index is 1.64. The average molecular weight is 524 g/mol. The van der Waals surface area contributed by atoms with Crippen molar-refractivity contribution in [3.05, 3.63) is 53.6 Å². The zero-order chi connectivity index (χ0) is 26.5. The SMILES string of the molecule is CCCN1CC=C[C@@]2(C)S[C@]34C=CCN(c5cc(C)ccc5C)C(=O)C3N(CCCO)C(=O)[C@@H]4[C@H]2C1=O. The summed E-state index contributed by atoms with van der Waals surface area (Å²) in [6.07, 6.45) is 9.43. The highest BCUT2D eigenvalue weighted by molar-refractivity contribution is 8.02. The topological polar surface area (TPSA) is 81.2 Å². The second-order valence-electron chi connectivity index (χ2n) is 10.9. The summed E-state index contributed by atoms with van der Waals surface area (Å²) >= 11 is 1.61. The van der Waals surface area contributed by atoms with E-state index in [0.717, 1.165) is 23.2 Å². The highest BCUT2D eigenvalue weighted by Crippen LogP contribution is 2.65. The number of amides is 3. The molecule has 1 aromatic carbocycles. The lowest BCUT2D eigenvalue weighted by Gasteiger charge is -2.37. The van der Waals surface area contributed by atoms with Gasteiger partial charge in [-0.3, -0.25) is 14.4 Å². The number of carbonyl (C=O) groups is 3. The molecule has 3 amide bonds. The highest BCUT2D eigenvalue weighted by atomic mass is 32.2. The Bertz CT molecular complexity index is 1180. The fourth-order valence-electron chi connectivity index (χ4n) is 6.75. The molecule has 2 saturated heterocycles. The van der Waals surface area contributed by atoms with Crippen molar-refractivity contribution in [2.45, 2.75) is 56.1 Å². The third kappa shape index (κ3) is 3.95. The van der Waals surface area contributed by atoms with E-state index in [-0.39, 0.29) is 30.9 Å². The van der Waals surface area contributed by atoms with Crippen LogP contribution in [0.4, 0.5) is 5.69 Å². The first-order valence-electron chi connectivity index (χ1n) is 13.3. The van der Waals surface area contributed by atoms with E-state index in [1.165, 1.54) is 0 Å². The molecule has 0 aliphatic carbocycles. The zero-order valence-electron chi connectivity index (χ0n) is 22.1. The first-order chi connectivity index (χ1) is 17.7. The van der Waals surface area contributed by atoms with Gasteiger partial charge >= 0.3 is 0 Å². The van der Waals surface area contributed by atoms with Gasteiger partial charge in [0, 0.05) is 43.2 Å². The van der Waals surface area contributed by atoms with Crippen LogP contribution < -0.4 is 4.90 Å². The maximum atomic E-state index is 14.5. The molecule has 4 aliphatic heterocycles. The van der Waals surface area contributed by atoms with E-state index >= 15 is 0 Å². The molecule has 5 atom stereocenters. The molecule has 5 rings (SSSR count). The lowest BCUT2D eigenvalue weighted by molar-refractivity contribution is -0.143. The maximum absolute atomic E-state index is 14.5. The van der Waals surface area contributed by atoms with Crippen LogP contribution in [0.3, 0.4) is 0 Å². The molecule has 0 saturated carbocycles. The Morgan fingerprint density at radius 2 is 1.76 bits per heavy atom. The Hall–Kier alpha value is -2.58. The van der Waals surface area contributed by atoms with Crippen LogP contribution in [0.25, 0.3) is 0 Å². The van der Waals surface area contributed by atoms with Crippen LogP contribution in [-0.4, -0.2) is 80.9 Å². The molecule has 4 heterocycles. The summed E-state index contributed by atoms with van der Waals surface area (Å²) < 4.78 is -1.45. The van der Waals surface area contributed by atoms with Gasteiger partial charge in [0.1, 0.15) is 6.04 Å². The van der Waals surface area contributed by atoms with Crippen LogP contribution in [0.5, 0.6) is 0 Å². The number of carbonyl (C=O) groups excluding carboxylic acids is 3. The molecule has 2 fully saturated rings. The molecule has 1 unspecified atom stereocenters. The summed E-state index contributed by atoms with van der Waals surface area (Å²) in [6.45, 7) is 9.90. The zero-order valence-corrected chi connectivity index (χ0v) is 23.0. The van der Waals surface area contributed by atoms with Gasteiger partial charge in [-0.25, -0.2) is 0 Å². The number of aliphatic hydroxyl groups excluding tert-OH is 1. The molecule has 0 bridgehead atoms. The number of likely N-dealkylation sites (tertiary alicyclic amines) is 1. The van der Waals surface area contributed by atoms with Gasteiger partial charge in [-0.2, -0.15) is 0 Å². The predicted octanol–water partition coefficient (Wildman–Crippen LogP) is 3.08. The quantitative estimate of drug-likeness (QED) is 0.580. The summed E-state index contributed by atoms with van der Waals surface area (Å²) in [5, 5.41) is 9.61. The van der Waals surface area contributed by atoms with Crippen LogP contribution >= 0.6 is 11.8 Å². The number of thioether (sulfide) groups is 1. The van der Waals surface area contributed by atoms with E-state index < -0.39 is 27.4 Å². The fourth-order valence-corrected chi connectivity index (χ4v) is 8.91. The molecular formula is C29H37N3O4S. The van der Waals surface area contributed by atoms with Gasteiger partial charge in [-0.15, -0.1) is 11.8 Å². The van der Waals surface area contributed by atoms with Gasteiger partial charge in [0.25, 0.3) is 5.91 Å². The normalized spacial score (nSPS) is 32.9. The van der Waals surface area contributed by atoms with Gasteiger partial charge in [0.05, 0.1) is 16.6 Å². The van der Waals surface area contributed by atoms with E-state index in [1.54, 1.807) is 21.6 Å². The molecule has 7 nitrogen and oxygen atoms in total. The molecule has 0 aromatic heterocycles. The van der Waals surface area contributed by atoms with Crippen molar-refractivity contribution in [1.82, 2.24) is 9.80 Å². The van der Waals surface area contributed by atoms with Crippen molar-refractivity contribution < 1.29 is 19.5 Å². The van der Waals surface area contributed by atoms with Gasteiger partial charge in [0.2, 0.25) is 11.8 Å². The molecule has 1 aromatic rings. The number of anilines is 1. The molecular weight excluding hydrogens is 486 g/mol. The third-order valence-electron chi connectivity index (χ3n) is 8.35. The van der Waals surface area contributed by atoms with Crippen LogP contribution in [0, 0.1) is 25.7 Å². The van der Waals surface area contributed by atoms with Crippen molar-refractivity contribution in [3.63, 3.8) is 0 Å². The minimum atomic E-state index is -0.856. The second-order valence-corrected chi connectivity index (χ2v) is 12.7. The van der Waals surface area contributed by atoms with Crippen LogP contribution in [0.2, 0.25) is 0 Å². The number of hydrogen-bond donors (Lipinski definition) is 1. The number of rotatable bonds is 6. The highest BCUT2D eigenvalue weighted by Gasteiger charge is 2.73. The van der Waals surface area contributed by atoms with Crippen LogP contribution in [0.15, 0.2) is 42.5 Å². The van der Waals surface area contributed by atoms with E-state index in [4.69, 9.17) is 0 Å². The predicted molar refractivity (Wildman–Crippen MR) is 146 cm³/mol. The minimum absolute atomic E-state index is 0.00341.